The fraction of sp³-hybridized carbons (Fsp3) is 0.500. The molecule has 1 aromatic carbocycles. The predicted molar refractivity (Wildman–Crippen MR) is 78.3 cm³/mol. The summed E-state index contributed by atoms with van der Waals surface area (Å²) in [6.07, 6.45) is 0.886. The molecule has 1 aromatic rings. The first-order chi connectivity index (χ1) is 9.63. The van der Waals surface area contributed by atoms with Crippen LogP contribution in [0.25, 0.3) is 0 Å². The molecule has 2 aliphatic heterocycles. The summed E-state index contributed by atoms with van der Waals surface area (Å²) in [6, 6.07) is 5.61. The summed E-state index contributed by atoms with van der Waals surface area (Å²) in [5, 5.41) is 0.648. The molecule has 0 bridgehead atoms. The van der Waals surface area contributed by atoms with Crippen LogP contribution in [0.3, 0.4) is 0 Å². The molecule has 6 heteroatoms. The normalized spacial score (nSPS) is 21.6. The molecule has 0 spiro atoms. The lowest BCUT2D eigenvalue weighted by molar-refractivity contribution is -0.128. The number of hydrogen-bond donors (Lipinski definition) is 1. The maximum absolute atomic E-state index is 12.3. The third kappa shape index (κ3) is 2.69. The number of benzene rings is 1. The van der Waals surface area contributed by atoms with Crippen molar-refractivity contribution in [3.63, 3.8) is 0 Å². The van der Waals surface area contributed by atoms with Crippen molar-refractivity contribution >= 4 is 23.2 Å². The average Bonchev–Trinajstić information content (AvgIpc) is 2.86. The maximum atomic E-state index is 12.3. The van der Waals surface area contributed by atoms with Gasteiger partial charge in [0.2, 0.25) is 5.91 Å². The number of rotatable bonds is 2. The van der Waals surface area contributed by atoms with Gasteiger partial charge in [-0.2, -0.15) is 0 Å². The largest absolute Gasteiger partial charge is 0.490 e. The van der Waals surface area contributed by atoms with Crippen molar-refractivity contribution in [1.29, 1.82) is 0 Å². The van der Waals surface area contributed by atoms with Gasteiger partial charge in [-0.05, 0) is 24.6 Å². The Balaban J connectivity index is 1.73. The molecule has 2 N–H and O–H groups in total. The van der Waals surface area contributed by atoms with E-state index < -0.39 is 0 Å². The summed E-state index contributed by atoms with van der Waals surface area (Å²) in [5.41, 5.74) is 6.74. The number of carbonyl (C=O) groups excluding carboxylic acids is 1. The number of hydrogen-bond acceptors (Lipinski definition) is 4. The van der Waals surface area contributed by atoms with Gasteiger partial charge in [-0.15, -0.1) is 0 Å². The van der Waals surface area contributed by atoms with Crippen molar-refractivity contribution in [2.45, 2.75) is 12.5 Å². The van der Waals surface area contributed by atoms with E-state index in [2.05, 4.69) is 0 Å². The molecule has 2 heterocycles. The van der Waals surface area contributed by atoms with Crippen LogP contribution in [0.5, 0.6) is 5.75 Å². The van der Waals surface area contributed by atoms with Crippen molar-refractivity contribution in [3.05, 3.63) is 23.2 Å². The van der Waals surface area contributed by atoms with Crippen molar-refractivity contribution < 1.29 is 9.53 Å². The van der Waals surface area contributed by atoms with Gasteiger partial charge in [-0.1, -0.05) is 11.6 Å². The molecule has 20 heavy (non-hydrogen) atoms. The van der Waals surface area contributed by atoms with Gasteiger partial charge in [0.1, 0.15) is 12.4 Å². The van der Waals surface area contributed by atoms with E-state index in [1.165, 1.54) is 0 Å². The number of nitrogens with two attached hydrogens (primary N) is 1. The van der Waals surface area contributed by atoms with Crippen LogP contribution in [0.4, 0.5) is 5.69 Å². The van der Waals surface area contributed by atoms with Gasteiger partial charge in [0.25, 0.3) is 0 Å². The minimum atomic E-state index is 0.116. The second kappa shape index (κ2) is 5.50. The lowest BCUT2D eigenvalue weighted by Crippen LogP contribution is -2.43. The van der Waals surface area contributed by atoms with Gasteiger partial charge in [0, 0.05) is 24.2 Å². The second-order valence-electron chi connectivity index (χ2n) is 5.27. The minimum absolute atomic E-state index is 0.116. The van der Waals surface area contributed by atoms with Gasteiger partial charge in [0.15, 0.2) is 0 Å². The summed E-state index contributed by atoms with van der Waals surface area (Å²) >= 11 is 6.03. The number of halogens is 1. The monoisotopic (exact) mass is 295 g/mol. The van der Waals surface area contributed by atoms with E-state index in [9.17, 15) is 4.79 Å². The molecule has 3 rings (SSSR count). The summed E-state index contributed by atoms with van der Waals surface area (Å²) in [4.78, 5) is 16.2. The van der Waals surface area contributed by atoms with E-state index in [0.717, 1.165) is 24.4 Å². The summed E-state index contributed by atoms with van der Waals surface area (Å²) in [7, 11) is 0. The Morgan fingerprint density at radius 2 is 2.30 bits per heavy atom. The molecule has 1 saturated heterocycles. The molecule has 0 unspecified atom stereocenters. The van der Waals surface area contributed by atoms with Crippen molar-refractivity contribution in [2.24, 2.45) is 5.73 Å². The minimum Gasteiger partial charge on any atom is -0.490 e. The highest BCUT2D eigenvalue weighted by molar-refractivity contribution is 6.31. The van der Waals surface area contributed by atoms with E-state index >= 15 is 0 Å². The molecule has 1 fully saturated rings. The van der Waals surface area contributed by atoms with Crippen molar-refractivity contribution in [3.8, 4) is 5.75 Å². The van der Waals surface area contributed by atoms with Crippen LogP contribution in [-0.2, 0) is 4.79 Å². The number of fused-ring (bicyclic) bond motifs is 1. The molecule has 0 aromatic heterocycles. The van der Waals surface area contributed by atoms with Crippen LogP contribution in [-0.4, -0.2) is 49.6 Å². The van der Waals surface area contributed by atoms with Gasteiger partial charge in [-0.25, -0.2) is 0 Å². The molecular weight excluding hydrogens is 278 g/mol. The van der Waals surface area contributed by atoms with Crippen LogP contribution >= 0.6 is 11.6 Å². The molecule has 1 atom stereocenters. The van der Waals surface area contributed by atoms with Crippen LogP contribution in [0.15, 0.2) is 18.2 Å². The van der Waals surface area contributed by atoms with Gasteiger partial charge in [0.05, 0.1) is 18.8 Å². The van der Waals surface area contributed by atoms with Crippen molar-refractivity contribution in [2.75, 3.05) is 37.7 Å². The van der Waals surface area contributed by atoms with E-state index in [1.54, 1.807) is 6.07 Å². The lowest BCUT2D eigenvalue weighted by Gasteiger charge is -2.32. The zero-order chi connectivity index (χ0) is 14.1. The zero-order valence-electron chi connectivity index (χ0n) is 11.2. The molecule has 1 amide bonds. The standard InChI is InChI=1S/C14H18ClN3O2/c15-10-1-2-13-12(7-10)17(5-6-20-13)9-14(19)18-4-3-11(16)8-18/h1-2,7,11H,3-6,8-9,16H2/t11-/m1/s1. The molecule has 0 aliphatic carbocycles. The van der Waals surface area contributed by atoms with Gasteiger partial charge < -0.3 is 20.3 Å². The molecule has 2 aliphatic rings. The quantitative estimate of drug-likeness (QED) is 0.888. The Morgan fingerprint density at radius 1 is 1.45 bits per heavy atom. The van der Waals surface area contributed by atoms with Crippen molar-refractivity contribution in [1.82, 2.24) is 4.90 Å². The maximum Gasteiger partial charge on any atom is 0.242 e. The van der Waals surface area contributed by atoms with Crippen LogP contribution < -0.4 is 15.4 Å². The van der Waals surface area contributed by atoms with E-state index in [0.29, 0.717) is 31.3 Å². The van der Waals surface area contributed by atoms with E-state index in [1.807, 2.05) is 21.9 Å². The Morgan fingerprint density at radius 3 is 3.05 bits per heavy atom. The number of nitrogens with zero attached hydrogens (tertiary/aromatic N) is 2. The molecule has 0 saturated carbocycles. The third-order valence-corrected chi connectivity index (χ3v) is 4.02. The van der Waals surface area contributed by atoms with Crippen LogP contribution in [0, 0.1) is 0 Å². The number of carbonyl (C=O) groups is 1. The SMILES string of the molecule is N[C@@H]1CCN(C(=O)CN2CCOc3ccc(Cl)cc32)C1. The highest BCUT2D eigenvalue weighted by Gasteiger charge is 2.27. The third-order valence-electron chi connectivity index (χ3n) is 3.78. The first-order valence-electron chi connectivity index (χ1n) is 6.84. The molecule has 108 valence electrons. The second-order valence-corrected chi connectivity index (χ2v) is 5.71. The molecular formula is C14H18ClN3O2. The summed E-state index contributed by atoms with van der Waals surface area (Å²) < 4.78 is 5.59. The number of anilines is 1. The van der Waals surface area contributed by atoms with Gasteiger partial charge in [-0.3, -0.25) is 4.79 Å². The fourth-order valence-corrected chi connectivity index (χ4v) is 2.85. The Kier molecular flexibility index (Phi) is 3.72. The first kappa shape index (κ1) is 13.5. The van der Waals surface area contributed by atoms with E-state index in [-0.39, 0.29) is 11.9 Å². The number of amides is 1. The first-order valence-corrected chi connectivity index (χ1v) is 7.22. The van der Waals surface area contributed by atoms with Gasteiger partial charge >= 0.3 is 0 Å². The number of ether oxygens (including phenoxy) is 1. The Bertz CT molecular complexity index is 523. The predicted octanol–water partition coefficient (Wildman–Crippen LogP) is 1.10. The van der Waals surface area contributed by atoms with Crippen LogP contribution in [0.1, 0.15) is 6.42 Å². The highest BCUT2D eigenvalue weighted by Crippen LogP contribution is 2.33. The Hall–Kier alpha value is -1.46. The van der Waals surface area contributed by atoms with Crippen LogP contribution in [0.2, 0.25) is 5.02 Å². The number of likely N-dealkylation sites (tertiary alicyclic amines) is 1. The zero-order valence-corrected chi connectivity index (χ0v) is 12.0. The van der Waals surface area contributed by atoms with E-state index in [4.69, 9.17) is 22.1 Å². The smallest absolute Gasteiger partial charge is 0.242 e. The average molecular weight is 296 g/mol. The summed E-state index contributed by atoms with van der Waals surface area (Å²) in [6.45, 7) is 3.04. The summed E-state index contributed by atoms with van der Waals surface area (Å²) in [5.74, 6) is 0.900. The fourth-order valence-electron chi connectivity index (χ4n) is 2.69. The lowest BCUT2D eigenvalue weighted by atomic mass is 10.2. The molecule has 5 nitrogen and oxygen atoms in total. The Labute approximate surface area is 123 Å². The molecule has 0 radical (unpaired) electrons. The highest BCUT2D eigenvalue weighted by atomic mass is 35.5. The topological polar surface area (TPSA) is 58.8 Å².